The molecule has 0 spiro atoms. The maximum Gasteiger partial charge on any atom is 0.269 e. The molecule has 0 unspecified atom stereocenters. The Kier molecular flexibility index (Phi) is 8.97. The Morgan fingerprint density at radius 2 is 1.93 bits per heavy atom. The first kappa shape index (κ1) is 22.2. The molecule has 2 rings (SSSR count). The molecule has 1 amide bonds. The van der Waals surface area contributed by atoms with Gasteiger partial charge in [-0.25, -0.2) is 5.43 Å². The van der Waals surface area contributed by atoms with Crippen LogP contribution in [0.3, 0.4) is 0 Å². The zero-order valence-electron chi connectivity index (χ0n) is 16.3. The van der Waals surface area contributed by atoms with Gasteiger partial charge in [0.25, 0.3) is 5.69 Å². The average molecular weight is 417 g/mol. The van der Waals surface area contributed by atoms with Crippen molar-refractivity contribution in [3.05, 3.63) is 63.7 Å². The van der Waals surface area contributed by atoms with Crippen LogP contribution in [0.2, 0.25) is 0 Å². The van der Waals surface area contributed by atoms with E-state index in [0.29, 0.717) is 30.5 Å². The molecule has 0 saturated carbocycles. The van der Waals surface area contributed by atoms with Crippen molar-refractivity contribution in [2.75, 3.05) is 19.0 Å². The number of carbonyl (C=O) groups is 1. The lowest BCUT2D eigenvalue weighted by Crippen LogP contribution is -2.19. The summed E-state index contributed by atoms with van der Waals surface area (Å²) in [6.45, 7) is 4.84. The van der Waals surface area contributed by atoms with Crippen molar-refractivity contribution in [2.24, 2.45) is 5.10 Å². The number of nitrogens with zero attached hydrogens (tertiary/aromatic N) is 2. The first-order chi connectivity index (χ1) is 14.0. The highest BCUT2D eigenvalue weighted by Crippen LogP contribution is 2.28. The predicted octanol–water partition coefficient (Wildman–Crippen LogP) is 3.78. The number of rotatable bonds is 11. The molecule has 0 aliphatic rings. The summed E-state index contributed by atoms with van der Waals surface area (Å²) in [5.41, 5.74) is 4.06. The van der Waals surface area contributed by atoms with Crippen molar-refractivity contribution in [1.29, 1.82) is 0 Å². The Hall–Kier alpha value is -3.07. The minimum Gasteiger partial charge on any atom is -0.490 e. The molecular formula is C20H23N3O5S. The van der Waals surface area contributed by atoms with Gasteiger partial charge in [-0.3, -0.25) is 14.9 Å². The number of nitro benzene ring substituents is 1. The molecule has 0 aliphatic carbocycles. The summed E-state index contributed by atoms with van der Waals surface area (Å²) in [7, 11) is 0. The molecule has 154 valence electrons. The van der Waals surface area contributed by atoms with Gasteiger partial charge in [-0.1, -0.05) is 12.1 Å². The highest BCUT2D eigenvalue weighted by atomic mass is 32.2. The smallest absolute Gasteiger partial charge is 0.269 e. The Morgan fingerprint density at radius 1 is 1.17 bits per heavy atom. The van der Waals surface area contributed by atoms with E-state index in [0.717, 1.165) is 11.1 Å². The van der Waals surface area contributed by atoms with Gasteiger partial charge in [-0.05, 0) is 43.2 Å². The molecule has 2 aromatic rings. The second-order valence-electron chi connectivity index (χ2n) is 5.79. The van der Waals surface area contributed by atoms with Crippen LogP contribution in [0.15, 0.2) is 47.6 Å². The van der Waals surface area contributed by atoms with E-state index in [2.05, 4.69) is 10.5 Å². The van der Waals surface area contributed by atoms with Crippen LogP contribution >= 0.6 is 11.8 Å². The number of nitro groups is 1. The lowest BCUT2D eigenvalue weighted by atomic mass is 10.2. The number of amides is 1. The molecule has 9 heteroatoms. The van der Waals surface area contributed by atoms with Crippen molar-refractivity contribution >= 4 is 29.6 Å². The second kappa shape index (κ2) is 11.7. The summed E-state index contributed by atoms with van der Waals surface area (Å²) >= 11 is 1.35. The third-order valence-electron chi connectivity index (χ3n) is 3.59. The van der Waals surface area contributed by atoms with Crippen LogP contribution in [0.1, 0.15) is 25.0 Å². The van der Waals surface area contributed by atoms with Gasteiger partial charge in [-0.2, -0.15) is 5.10 Å². The molecular weight excluding hydrogens is 394 g/mol. The number of thioether (sulfide) groups is 1. The van der Waals surface area contributed by atoms with Gasteiger partial charge >= 0.3 is 0 Å². The number of nitrogens with one attached hydrogen (secondary N) is 1. The summed E-state index contributed by atoms with van der Waals surface area (Å²) in [6, 6.07) is 11.8. The molecule has 0 bridgehead atoms. The molecule has 0 heterocycles. The summed E-state index contributed by atoms with van der Waals surface area (Å²) < 4.78 is 11.1. The average Bonchev–Trinajstić information content (AvgIpc) is 2.70. The lowest BCUT2D eigenvalue weighted by Gasteiger charge is -2.11. The maximum atomic E-state index is 11.9. The third kappa shape index (κ3) is 7.46. The number of non-ortho nitro benzene ring substituents is 1. The summed E-state index contributed by atoms with van der Waals surface area (Å²) in [5, 5.41) is 14.7. The van der Waals surface area contributed by atoms with Crippen molar-refractivity contribution in [3.8, 4) is 11.5 Å². The number of benzene rings is 2. The topological polar surface area (TPSA) is 103 Å². The Bertz CT molecular complexity index is 873. The van der Waals surface area contributed by atoms with Gasteiger partial charge in [0.2, 0.25) is 5.91 Å². The minimum atomic E-state index is -0.437. The normalized spacial score (nSPS) is 10.7. The molecule has 0 atom stereocenters. The molecule has 1 N–H and O–H groups in total. The zero-order chi connectivity index (χ0) is 21.1. The molecule has 2 aromatic carbocycles. The van der Waals surface area contributed by atoms with E-state index in [9.17, 15) is 14.9 Å². The van der Waals surface area contributed by atoms with Gasteiger partial charge in [-0.15, -0.1) is 11.8 Å². The van der Waals surface area contributed by atoms with Gasteiger partial charge < -0.3 is 9.47 Å². The Labute approximate surface area is 173 Å². The van der Waals surface area contributed by atoms with Crippen molar-refractivity contribution < 1.29 is 19.2 Å². The van der Waals surface area contributed by atoms with E-state index in [-0.39, 0.29) is 17.3 Å². The molecule has 0 aliphatic heterocycles. The van der Waals surface area contributed by atoms with E-state index in [1.54, 1.807) is 24.3 Å². The highest BCUT2D eigenvalue weighted by Gasteiger charge is 2.07. The number of hydrazone groups is 1. The number of hydrogen-bond acceptors (Lipinski definition) is 7. The maximum absolute atomic E-state index is 11.9. The predicted molar refractivity (Wildman–Crippen MR) is 114 cm³/mol. The first-order valence-electron chi connectivity index (χ1n) is 9.06. The molecule has 8 nitrogen and oxygen atoms in total. The fourth-order valence-electron chi connectivity index (χ4n) is 2.38. The van der Waals surface area contributed by atoms with Crippen LogP contribution in [0.25, 0.3) is 0 Å². The number of ether oxygens (including phenoxy) is 2. The summed E-state index contributed by atoms with van der Waals surface area (Å²) in [4.78, 5) is 22.3. The van der Waals surface area contributed by atoms with Crippen LogP contribution in [-0.2, 0) is 10.5 Å². The molecule has 0 fully saturated rings. The summed E-state index contributed by atoms with van der Waals surface area (Å²) in [5.74, 6) is 1.71. The van der Waals surface area contributed by atoms with E-state index < -0.39 is 4.92 Å². The van der Waals surface area contributed by atoms with Crippen LogP contribution in [-0.4, -0.2) is 36.0 Å². The molecule has 0 aromatic heterocycles. The fraction of sp³-hybridized carbons (Fsp3) is 0.300. The van der Waals surface area contributed by atoms with Crippen LogP contribution in [0.5, 0.6) is 11.5 Å². The van der Waals surface area contributed by atoms with Gasteiger partial charge in [0, 0.05) is 17.9 Å². The van der Waals surface area contributed by atoms with Gasteiger partial charge in [0.1, 0.15) is 0 Å². The van der Waals surface area contributed by atoms with E-state index in [1.165, 1.54) is 30.1 Å². The van der Waals surface area contributed by atoms with Crippen molar-refractivity contribution in [1.82, 2.24) is 5.43 Å². The lowest BCUT2D eigenvalue weighted by molar-refractivity contribution is -0.384. The van der Waals surface area contributed by atoms with Crippen LogP contribution < -0.4 is 14.9 Å². The second-order valence-corrected chi connectivity index (χ2v) is 6.77. The molecule has 0 saturated heterocycles. The molecule has 29 heavy (non-hydrogen) atoms. The third-order valence-corrected chi connectivity index (χ3v) is 4.60. The molecule has 0 radical (unpaired) electrons. The van der Waals surface area contributed by atoms with Gasteiger partial charge in [0.05, 0.1) is 30.1 Å². The van der Waals surface area contributed by atoms with Crippen LogP contribution in [0.4, 0.5) is 5.69 Å². The van der Waals surface area contributed by atoms with Crippen molar-refractivity contribution in [2.45, 2.75) is 19.6 Å². The minimum absolute atomic E-state index is 0.0407. The van der Waals surface area contributed by atoms with Crippen LogP contribution in [0, 0.1) is 10.1 Å². The summed E-state index contributed by atoms with van der Waals surface area (Å²) in [6.07, 6.45) is 1.53. The van der Waals surface area contributed by atoms with E-state index >= 15 is 0 Å². The van der Waals surface area contributed by atoms with E-state index in [4.69, 9.17) is 9.47 Å². The highest BCUT2D eigenvalue weighted by molar-refractivity contribution is 7.99. The SMILES string of the molecule is CCOc1ccc(/C=N\NC(=O)CSCc2cccc([N+](=O)[O-])c2)cc1OCC. The van der Waals surface area contributed by atoms with E-state index in [1.807, 2.05) is 19.9 Å². The fourth-order valence-corrected chi connectivity index (χ4v) is 3.15. The van der Waals surface area contributed by atoms with Gasteiger partial charge in [0.15, 0.2) is 11.5 Å². The monoisotopic (exact) mass is 417 g/mol. The number of carbonyl (C=O) groups excluding carboxylic acids is 1. The quantitative estimate of drug-likeness (QED) is 0.339. The number of hydrogen-bond donors (Lipinski definition) is 1. The zero-order valence-corrected chi connectivity index (χ0v) is 17.1. The standard InChI is InChI=1S/C20H23N3O5S/c1-3-27-18-9-8-15(11-19(18)28-4-2)12-21-22-20(24)14-29-13-16-6-5-7-17(10-16)23(25)26/h5-12H,3-4,13-14H2,1-2H3,(H,22,24)/b21-12-. The largest absolute Gasteiger partial charge is 0.490 e. The van der Waals surface area contributed by atoms with Crippen molar-refractivity contribution in [3.63, 3.8) is 0 Å². The Morgan fingerprint density at radius 3 is 2.66 bits per heavy atom. The Balaban J connectivity index is 1.82. The first-order valence-corrected chi connectivity index (χ1v) is 10.2.